The summed E-state index contributed by atoms with van der Waals surface area (Å²) in [6.45, 7) is 5.89. The van der Waals surface area contributed by atoms with Gasteiger partial charge in [0.2, 0.25) is 0 Å². The predicted octanol–water partition coefficient (Wildman–Crippen LogP) is 3.23. The zero-order chi connectivity index (χ0) is 12.0. The average Bonchev–Trinajstić information content (AvgIpc) is 2.78. The van der Waals surface area contributed by atoms with Crippen LogP contribution in [-0.2, 0) is 0 Å². The summed E-state index contributed by atoms with van der Waals surface area (Å²) in [5, 5.41) is 0.802. The molecule has 90 valence electrons. The van der Waals surface area contributed by atoms with E-state index in [1.807, 2.05) is 10.5 Å². The topological polar surface area (TPSA) is 6.48 Å². The first-order valence-electron chi connectivity index (χ1n) is 5.75. The van der Waals surface area contributed by atoms with Crippen LogP contribution < -0.4 is 4.90 Å². The van der Waals surface area contributed by atoms with Crippen LogP contribution in [0.5, 0.6) is 0 Å². The SMILES string of the molecule is Cc1ccc(Cl)cc1N1CC2=C(CN(Cl)C2)C1. The van der Waals surface area contributed by atoms with Gasteiger partial charge in [-0.3, -0.25) is 0 Å². The Morgan fingerprint density at radius 3 is 2.35 bits per heavy atom. The van der Waals surface area contributed by atoms with Gasteiger partial charge in [0, 0.05) is 36.9 Å². The molecule has 0 atom stereocenters. The van der Waals surface area contributed by atoms with Crippen molar-refractivity contribution < 1.29 is 0 Å². The normalized spacial score (nSPS) is 20.3. The van der Waals surface area contributed by atoms with Gasteiger partial charge in [-0.25, -0.2) is 4.42 Å². The molecule has 0 amide bonds. The van der Waals surface area contributed by atoms with Crippen molar-refractivity contribution >= 4 is 29.1 Å². The second kappa shape index (κ2) is 4.20. The Bertz CT molecular complexity index is 478. The number of benzene rings is 1. The molecule has 0 N–H and O–H groups in total. The van der Waals surface area contributed by atoms with Gasteiger partial charge in [-0.1, -0.05) is 17.7 Å². The van der Waals surface area contributed by atoms with Gasteiger partial charge in [0.05, 0.1) is 0 Å². The highest BCUT2D eigenvalue weighted by atomic mass is 35.5. The van der Waals surface area contributed by atoms with Gasteiger partial charge >= 0.3 is 0 Å². The van der Waals surface area contributed by atoms with Crippen LogP contribution in [0.2, 0.25) is 5.02 Å². The molecule has 0 unspecified atom stereocenters. The largest absolute Gasteiger partial charge is 0.363 e. The van der Waals surface area contributed by atoms with Gasteiger partial charge in [0.25, 0.3) is 0 Å². The number of anilines is 1. The van der Waals surface area contributed by atoms with Crippen LogP contribution >= 0.6 is 23.4 Å². The van der Waals surface area contributed by atoms with Gasteiger partial charge in [-0.2, -0.15) is 0 Å². The van der Waals surface area contributed by atoms with E-state index in [9.17, 15) is 0 Å². The van der Waals surface area contributed by atoms with E-state index in [0.717, 1.165) is 31.2 Å². The Morgan fingerprint density at radius 2 is 1.71 bits per heavy atom. The first-order chi connectivity index (χ1) is 8.13. The highest BCUT2D eigenvalue weighted by molar-refractivity contribution is 6.30. The summed E-state index contributed by atoms with van der Waals surface area (Å²) in [5.74, 6) is 0. The van der Waals surface area contributed by atoms with E-state index in [2.05, 4.69) is 24.0 Å². The zero-order valence-electron chi connectivity index (χ0n) is 9.71. The lowest BCUT2D eigenvalue weighted by molar-refractivity contribution is 0.561. The molecule has 0 aliphatic carbocycles. The lowest BCUT2D eigenvalue weighted by Crippen LogP contribution is -2.26. The average molecular weight is 269 g/mol. The van der Waals surface area contributed by atoms with Crippen LogP contribution in [0.25, 0.3) is 0 Å². The quantitative estimate of drug-likeness (QED) is 0.570. The molecule has 0 radical (unpaired) electrons. The summed E-state index contributed by atoms with van der Waals surface area (Å²) < 4.78 is 1.85. The fourth-order valence-electron chi connectivity index (χ4n) is 2.63. The molecule has 1 aromatic carbocycles. The smallest absolute Gasteiger partial charge is 0.0426 e. The van der Waals surface area contributed by atoms with Crippen molar-refractivity contribution in [3.05, 3.63) is 39.9 Å². The molecule has 0 bridgehead atoms. The van der Waals surface area contributed by atoms with Crippen LogP contribution in [0.1, 0.15) is 5.56 Å². The molecule has 0 spiro atoms. The second-order valence-electron chi connectivity index (χ2n) is 4.77. The molecule has 1 aromatic rings. The van der Waals surface area contributed by atoms with E-state index in [1.165, 1.54) is 22.4 Å². The van der Waals surface area contributed by atoms with Crippen LogP contribution in [0.3, 0.4) is 0 Å². The third kappa shape index (κ3) is 2.05. The molecule has 2 nitrogen and oxygen atoms in total. The molecule has 0 saturated heterocycles. The monoisotopic (exact) mass is 268 g/mol. The van der Waals surface area contributed by atoms with E-state index in [-0.39, 0.29) is 0 Å². The van der Waals surface area contributed by atoms with Gasteiger partial charge < -0.3 is 4.90 Å². The van der Waals surface area contributed by atoms with E-state index >= 15 is 0 Å². The van der Waals surface area contributed by atoms with Crippen molar-refractivity contribution in [2.45, 2.75) is 6.92 Å². The molecular weight excluding hydrogens is 255 g/mol. The third-order valence-corrected chi connectivity index (χ3v) is 3.97. The summed E-state index contributed by atoms with van der Waals surface area (Å²) in [6.07, 6.45) is 0. The van der Waals surface area contributed by atoms with Gasteiger partial charge in [-0.05, 0) is 47.5 Å². The second-order valence-corrected chi connectivity index (χ2v) is 5.69. The third-order valence-electron chi connectivity index (χ3n) is 3.50. The number of rotatable bonds is 1. The molecule has 4 heteroatoms. The lowest BCUT2D eigenvalue weighted by Gasteiger charge is -2.23. The maximum Gasteiger partial charge on any atom is 0.0426 e. The fourth-order valence-corrected chi connectivity index (χ4v) is 3.08. The Balaban J connectivity index is 1.83. The van der Waals surface area contributed by atoms with Crippen molar-refractivity contribution in [3.63, 3.8) is 0 Å². The molecule has 2 heterocycles. The maximum atomic E-state index is 6.07. The first-order valence-corrected chi connectivity index (χ1v) is 6.46. The van der Waals surface area contributed by atoms with Crippen LogP contribution in [0.4, 0.5) is 5.69 Å². The van der Waals surface area contributed by atoms with Crippen molar-refractivity contribution in [3.8, 4) is 0 Å². The van der Waals surface area contributed by atoms with E-state index in [4.69, 9.17) is 23.4 Å². The van der Waals surface area contributed by atoms with Crippen LogP contribution in [0, 0.1) is 6.92 Å². The number of hydrogen-bond donors (Lipinski definition) is 0. The molecule has 0 fully saturated rings. The molecule has 17 heavy (non-hydrogen) atoms. The highest BCUT2D eigenvalue weighted by Gasteiger charge is 2.29. The number of aryl methyl sites for hydroxylation is 1. The molecule has 0 saturated carbocycles. The zero-order valence-corrected chi connectivity index (χ0v) is 11.2. The summed E-state index contributed by atoms with van der Waals surface area (Å²) in [7, 11) is 0. The van der Waals surface area contributed by atoms with Crippen molar-refractivity contribution in [2.75, 3.05) is 31.1 Å². The fraction of sp³-hybridized carbons (Fsp3) is 0.385. The van der Waals surface area contributed by atoms with Crippen molar-refractivity contribution in [2.24, 2.45) is 0 Å². The Kier molecular flexibility index (Phi) is 2.81. The van der Waals surface area contributed by atoms with Crippen LogP contribution in [-0.4, -0.2) is 30.6 Å². The summed E-state index contributed by atoms with van der Waals surface area (Å²) >= 11 is 12.1. The van der Waals surface area contributed by atoms with Crippen molar-refractivity contribution in [1.82, 2.24) is 4.42 Å². The van der Waals surface area contributed by atoms with E-state index in [1.54, 1.807) is 0 Å². The minimum atomic E-state index is 0.802. The standard InChI is InChI=1S/C13H14Cl2N2/c1-9-2-3-12(14)4-13(9)16-5-10-7-17(15)8-11(10)6-16/h2-4H,5-8H2,1H3. The molecule has 2 aliphatic rings. The van der Waals surface area contributed by atoms with Crippen LogP contribution in [0.15, 0.2) is 29.3 Å². The minimum Gasteiger partial charge on any atom is -0.363 e. The van der Waals surface area contributed by atoms with Gasteiger partial charge in [0.15, 0.2) is 0 Å². The number of halogens is 2. The Labute approximate surface area is 112 Å². The minimum absolute atomic E-state index is 0.802. The first kappa shape index (κ1) is 11.4. The Morgan fingerprint density at radius 1 is 1.06 bits per heavy atom. The summed E-state index contributed by atoms with van der Waals surface area (Å²) in [6, 6.07) is 6.07. The number of hydrogen-bond acceptors (Lipinski definition) is 2. The highest BCUT2D eigenvalue weighted by Crippen LogP contribution is 2.32. The summed E-state index contributed by atoms with van der Waals surface area (Å²) in [5.41, 5.74) is 5.46. The number of nitrogens with zero attached hydrogens (tertiary/aromatic N) is 2. The van der Waals surface area contributed by atoms with Gasteiger partial charge in [0.1, 0.15) is 0 Å². The molecule has 2 aliphatic heterocycles. The molecule has 3 rings (SSSR count). The van der Waals surface area contributed by atoms with Crippen molar-refractivity contribution in [1.29, 1.82) is 0 Å². The predicted molar refractivity (Wildman–Crippen MR) is 72.9 cm³/mol. The Hall–Kier alpha value is -0.700. The maximum absolute atomic E-state index is 6.07. The van der Waals surface area contributed by atoms with E-state index in [0.29, 0.717) is 0 Å². The lowest BCUT2D eigenvalue weighted by atomic mass is 10.2. The van der Waals surface area contributed by atoms with E-state index < -0.39 is 0 Å². The molecular formula is C13H14Cl2N2. The molecule has 0 aromatic heterocycles. The summed E-state index contributed by atoms with van der Waals surface area (Å²) in [4.78, 5) is 2.38. The van der Waals surface area contributed by atoms with Gasteiger partial charge in [-0.15, -0.1) is 0 Å².